The Labute approximate surface area is 102 Å². The quantitative estimate of drug-likeness (QED) is 0.777. The maximum Gasteiger partial charge on any atom is 0.123 e. The van der Waals surface area contributed by atoms with E-state index in [1.165, 1.54) is 6.07 Å². The van der Waals surface area contributed by atoms with E-state index in [0.717, 1.165) is 17.5 Å². The molecule has 1 aromatic carbocycles. The topological polar surface area (TPSA) is 12.9 Å². The van der Waals surface area contributed by atoms with Gasteiger partial charge >= 0.3 is 0 Å². The summed E-state index contributed by atoms with van der Waals surface area (Å²) in [5.74, 6) is -0.191. The van der Waals surface area contributed by atoms with E-state index in [4.69, 9.17) is 0 Å². The van der Waals surface area contributed by atoms with E-state index in [1.54, 1.807) is 18.3 Å². The fraction of sp³-hybridized carbons (Fsp3) is 0.154. The third kappa shape index (κ3) is 2.89. The molecule has 0 aliphatic carbocycles. The highest BCUT2D eigenvalue weighted by molar-refractivity contribution is 9.09. The van der Waals surface area contributed by atoms with Crippen LogP contribution >= 0.6 is 15.9 Å². The molecule has 0 saturated carbocycles. The molecule has 82 valence electrons. The summed E-state index contributed by atoms with van der Waals surface area (Å²) >= 11 is 3.58. The van der Waals surface area contributed by atoms with E-state index in [0.29, 0.717) is 0 Å². The number of aromatic nitrogens is 1. The molecule has 1 aromatic heterocycles. The molecule has 3 heteroatoms. The van der Waals surface area contributed by atoms with Crippen LogP contribution in [0.3, 0.4) is 0 Å². The Morgan fingerprint density at radius 2 is 2.12 bits per heavy atom. The average molecular weight is 280 g/mol. The predicted molar refractivity (Wildman–Crippen MR) is 66.0 cm³/mol. The van der Waals surface area contributed by atoms with Crippen molar-refractivity contribution in [2.75, 3.05) is 0 Å². The van der Waals surface area contributed by atoms with E-state index in [9.17, 15) is 4.39 Å². The number of alkyl halides is 1. The Hall–Kier alpha value is -1.22. The Kier molecular flexibility index (Phi) is 3.67. The van der Waals surface area contributed by atoms with Crippen molar-refractivity contribution < 1.29 is 4.39 Å². The summed E-state index contributed by atoms with van der Waals surface area (Å²) in [4.78, 5) is 4.23. The fourth-order valence-corrected chi connectivity index (χ4v) is 2.19. The first-order valence-corrected chi connectivity index (χ1v) is 5.96. The van der Waals surface area contributed by atoms with Gasteiger partial charge in [-0.25, -0.2) is 4.39 Å². The Balaban J connectivity index is 2.11. The highest BCUT2D eigenvalue weighted by Crippen LogP contribution is 2.26. The monoisotopic (exact) mass is 279 g/mol. The second-order valence-corrected chi connectivity index (χ2v) is 4.69. The number of rotatable bonds is 3. The normalized spacial score (nSPS) is 12.4. The Bertz CT molecular complexity index is 458. The Morgan fingerprint density at radius 3 is 2.81 bits per heavy atom. The van der Waals surface area contributed by atoms with Crippen molar-refractivity contribution in [3.63, 3.8) is 0 Å². The second kappa shape index (κ2) is 5.21. The van der Waals surface area contributed by atoms with E-state index in [-0.39, 0.29) is 10.6 Å². The summed E-state index contributed by atoms with van der Waals surface area (Å²) in [6.07, 6.45) is 4.31. The zero-order chi connectivity index (χ0) is 11.4. The number of pyridine rings is 1. The van der Waals surface area contributed by atoms with E-state index in [1.807, 2.05) is 24.4 Å². The minimum Gasteiger partial charge on any atom is -0.264 e. The summed E-state index contributed by atoms with van der Waals surface area (Å²) in [5, 5.41) is 0. The first-order valence-electron chi connectivity index (χ1n) is 5.04. The zero-order valence-electron chi connectivity index (χ0n) is 8.61. The molecule has 0 bridgehead atoms. The van der Waals surface area contributed by atoms with Crippen molar-refractivity contribution in [3.8, 4) is 0 Å². The molecule has 0 saturated heterocycles. The lowest BCUT2D eigenvalue weighted by Gasteiger charge is -2.09. The van der Waals surface area contributed by atoms with E-state index in [2.05, 4.69) is 20.9 Å². The number of hydrogen-bond acceptors (Lipinski definition) is 1. The maximum absolute atomic E-state index is 13.0. The standard InChI is InChI=1S/C13H11BrFN/c14-13(11-4-2-6-16-9-11)8-10-3-1-5-12(15)7-10/h1-7,9,13H,8H2. The van der Waals surface area contributed by atoms with Crippen LogP contribution in [0.25, 0.3) is 0 Å². The smallest absolute Gasteiger partial charge is 0.123 e. The lowest BCUT2D eigenvalue weighted by atomic mass is 10.1. The van der Waals surface area contributed by atoms with E-state index >= 15 is 0 Å². The van der Waals surface area contributed by atoms with Crippen LogP contribution in [0.2, 0.25) is 0 Å². The van der Waals surface area contributed by atoms with E-state index < -0.39 is 0 Å². The molecular formula is C13H11BrFN. The van der Waals surface area contributed by atoms with Crippen LogP contribution in [0.1, 0.15) is 16.0 Å². The van der Waals surface area contributed by atoms with Crippen molar-refractivity contribution in [1.82, 2.24) is 4.98 Å². The first kappa shape index (κ1) is 11.3. The van der Waals surface area contributed by atoms with Crippen molar-refractivity contribution in [2.45, 2.75) is 11.2 Å². The Morgan fingerprint density at radius 1 is 1.25 bits per heavy atom. The molecule has 2 rings (SSSR count). The molecule has 0 radical (unpaired) electrons. The van der Waals surface area contributed by atoms with Gasteiger partial charge in [0.15, 0.2) is 0 Å². The van der Waals surface area contributed by atoms with Crippen LogP contribution in [0.15, 0.2) is 48.8 Å². The van der Waals surface area contributed by atoms with Gasteiger partial charge in [0.1, 0.15) is 5.82 Å². The summed E-state index contributed by atoms with van der Waals surface area (Å²) in [6, 6.07) is 10.6. The molecule has 0 aliphatic rings. The van der Waals surface area contributed by atoms with Crippen LogP contribution < -0.4 is 0 Å². The molecule has 1 atom stereocenters. The number of hydrogen-bond donors (Lipinski definition) is 0. The molecule has 1 heterocycles. The maximum atomic E-state index is 13.0. The van der Waals surface area contributed by atoms with Gasteiger partial charge in [0.2, 0.25) is 0 Å². The van der Waals surface area contributed by atoms with Crippen LogP contribution in [0.5, 0.6) is 0 Å². The van der Waals surface area contributed by atoms with Gasteiger partial charge in [-0.3, -0.25) is 4.98 Å². The van der Waals surface area contributed by atoms with Crippen molar-refractivity contribution in [1.29, 1.82) is 0 Å². The van der Waals surface area contributed by atoms with Crippen LogP contribution in [-0.2, 0) is 6.42 Å². The van der Waals surface area contributed by atoms with Gasteiger partial charge in [-0.1, -0.05) is 34.1 Å². The highest BCUT2D eigenvalue weighted by Gasteiger charge is 2.08. The van der Waals surface area contributed by atoms with Gasteiger partial charge in [0.05, 0.1) is 0 Å². The van der Waals surface area contributed by atoms with Gasteiger partial charge in [-0.05, 0) is 35.7 Å². The van der Waals surface area contributed by atoms with Crippen molar-refractivity contribution >= 4 is 15.9 Å². The average Bonchev–Trinajstić information content (AvgIpc) is 2.30. The molecule has 0 fully saturated rings. The third-order valence-corrected chi connectivity index (χ3v) is 3.20. The van der Waals surface area contributed by atoms with Gasteiger partial charge < -0.3 is 0 Å². The number of benzene rings is 1. The van der Waals surface area contributed by atoms with Crippen LogP contribution in [0, 0.1) is 5.82 Å². The summed E-state index contributed by atoms with van der Waals surface area (Å²) < 4.78 is 13.0. The zero-order valence-corrected chi connectivity index (χ0v) is 10.2. The van der Waals surface area contributed by atoms with Gasteiger partial charge in [0.25, 0.3) is 0 Å². The number of nitrogens with zero attached hydrogens (tertiary/aromatic N) is 1. The van der Waals surface area contributed by atoms with Crippen LogP contribution in [-0.4, -0.2) is 4.98 Å². The van der Waals surface area contributed by atoms with Gasteiger partial charge in [-0.2, -0.15) is 0 Å². The summed E-state index contributed by atoms with van der Waals surface area (Å²) in [7, 11) is 0. The van der Waals surface area contributed by atoms with Crippen molar-refractivity contribution in [3.05, 3.63) is 65.7 Å². The molecule has 0 N–H and O–H groups in total. The molecular weight excluding hydrogens is 269 g/mol. The largest absolute Gasteiger partial charge is 0.264 e. The highest BCUT2D eigenvalue weighted by atomic mass is 79.9. The molecule has 1 unspecified atom stereocenters. The molecule has 16 heavy (non-hydrogen) atoms. The summed E-state index contributed by atoms with van der Waals surface area (Å²) in [6.45, 7) is 0. The lowest BCUT2D eigenvalue weighted by Crippen LogP contribution is -1.96. The predicted octanol–water partition coefficient (Wildman–Crippen LogP) is 3.90. The lowest BCUT2D eigenvalue weighted by molar-refractivity contribution is 0.625. The molecule has 0 spiro atoms. The molecule has 2 aromatic rings. The van der Waals surface area contributed by atoms with Gasteiger partial charge in [0, 0.05) is 17.2 Å². The third-order valence-electron chi connectivity index (χ3n) is 2.35. The summed E-state index contributed by atoms with van der Waals surface area (Å²) in [5.41, 5.74) is 2.08. The SMILES string of the molecule is Fc1cccc(CC(Br)c2cccnc2)c1. The van der Waals surface area contributed by atoms with Crippen LogP contribution in [0.4, 0.5) is 4.39 Å². The van der Waals surface area contributed by atoms with Gasteiger partial charge in [-0.15, -0.1) is 0 Å². The number of halogens is 2. The minimum absolute atomic E-state index is 0.169. The molecule has 0 amide bonds. The first-order chi connectivity index (χ1) is 7.75. The fourth-order valence-electron chi connectivity index (χ4n) is 1.55. The van der Waals surface area contributed by atoms with Crippen molar-refractivity contribution in [2.24, 2.45) is 0 Å². The minimum atomic E-state index is -0.191. The second-order valence-electron chi connectivity index (χ2n) is 3.59. The molecule has 0 aliphatic heterocycles. The molecule has 1 nitrogen and oxygen atoms in total.